The molecular formula is C11H14O2S. The van der Waals surface area contributed by atoms with Gasteiger partial charge in [-0.25, -0.2) is 0 Å². The van der Waals surface area contributed by atoms with Crippen LogP contribution in [0.3, 0.4) is 0 Å². The Labute approximate surface area is 89.9 Å². The molecule has 0 heterocycles. The van der Waals surface area contributed by atoms with Gasteiger partial charge in [-0.05, 0) is 24.4 Å². The quantitative estimate of drug-likeness (QED) is 0.553. The van der Waals surface area contributed by atoms with Gasteiger partial charge in [0.1, 0.15) is 5.75 Å². The summed E-state index contributed by atoms with van der Waals surface area (Å²) >= 11 is 4.75. The van der Waals surface area contributed by atoms with Crippen LogP contribution in [0.15, 0.2) is 24.3 Å². The number of rotatable bonds is 2. The average molecular weight is 210 g/mol. The third-order valence-corrected chi connectivity index (χ3v) is 1.38. The predicted octanol–water partition coefficient (Wildman–Crippen LogP) is 3.25. The van der Waals surface area contributed by atoms with E-state index in [9.17, 15) is 4.79 Å². The van der Waals surface area contributed by atoms with Gasteiger partial charge in [-0.2, -0.15) is 0 Å². The molecule has 0 saturated heterocycles. The SMILES string of the molecule is CC.CC(=S)Oc1ccccc1C=O. The van der Waals surface area contributed by atoms with Crippen LogP contribution >= 0.6 is 12.2 Å². The molecule has 0 aromatic heterocycles. The van der Waals surface area contributed by atoms with E-state index >= 15 is 0 Å². The van der Waals surface area contributed by atoms with Crippen LogP contribution in [-0.2, 0) is 0 Å². The van der Waals surface area contributed by atoms with E-state index in [1.165, 1.54) is 0 Å². The van der Waals surface area contributed by atoms with Crippen LogP contribution in [0.4, 0.5) is 0 Å². The average Bonchev–Trinajstić information content (AvgIpc) is 2.21. The van der Waals surface area contributed by atoms with Gasteiger partial charge in [0.15, 0.2) is 11.3 Å². The van der Waals surface area contributed by atoms with E-state index in [-0.39, 0.29) is 0 Å². The molecule has 2 nitrogen and oxygen atoms in total. The Balaban J connectivity index is 0.000000791. The summed E-state index contributed by atoms with van der Waals surface area (Å²) in [6, 6.07) is 6.95. The highest BCUT2D eigenvalue weighted by Gasteiger charge is 2.00. The summed E-state index contributed by atoms with van der Waals surface area (Å²) in [5, 5.41) is 0.407. The van der Waals surface area contributed by atoms with Gasteiger partial charge in [-0.3, -0.25) is 4.79 Å². The van der Waals surface area contributed by atoms with Gasteiger partial charge in [0.25, 0.3) is 0 Å². The lowest BCUT2D eigenvalue weighted by Crippen LogP contribution is -2.00. The lowest BCUT2D eigenvalue weighted by molar-refractivity contribution is 0.112. The third-order valence-electron chi connectivity index (χ3n) is 1.30. The molecule has 1 aromatic rings. The maximum atomic E-state index is 10.5. The highest BCUT2D eigenvalue weighted by atomic mass is 32.1. The van der Waals surface area contributed by atoms with Gasteiger partial charge in [-0.1, -0.05) is 26.0 Å². The van der Waals surface area contributed by atoms with Crippen molar-refractivity contribution in [2.24, 2.45) is 0 Å². The van der Waals surface area contributed by atoms with E-state index in [0.29, 0.717) is 16.4 Å². The minimum absolute atomic E-state index is 0.407. The van der Waals surface area contributed by atoms with Crippen molar-refractivity contribution in [3.8, 4) is 5.75 Å². The van der Waals surface area contributed by atoms with Crippen LogP contribution in [0, 0.1) is 0 Å². The minimum Gasteiger partial charge on any atom is -0.450 e. The third kappa shape index (κ3) is 4.14. The first-order valence-corrected chi connectivity index (χ1v) is 4.87. The zero-order chi connectivity index (χ0) is 11.0. The van der Waals surface area contributed by atoms with E-state index in [4.69, 9.17) is 17.0 Å². The molecule has 0 bridgehead atoms. The number of para-hydroxylation sites is 1. The number of aldehydes is 1. The Hall–Kier alpha value is -1.22. The summed E-state index contributed by atoms with van der Waals surface area (Å²) in [6.45, 7) is 5.66. The summed E-state index contributed by atoms with van der Waals surface area (Å²) in [5.74, 6) is 0.514. The molecule has 76 valence electrons. The van der Waals surface area contributed by atoms with Crippen LogP contribution < -0.4 is 4.74 Å². The highest BCUT2D eigenvalue weighted by molar-refractivity contribution is 7.80. The number of hydrogen-bond acceptors (Lipinski definition) is 3. The maximum Gasteiger partial charge on any atom is 0.164 e. The first-order valence-electron chi connectivity index (χ1n) is 4.46. The summed E-state index contributed by atoms with van der Waals surface area (Å²) < 4.78 is 5.14. The molecule has 0 aliphatic carbocycles. The summed E-state index contributed by atoms with van der Waals surface area (Å²) in [5.41, 5.74) is 0.515. The molecule has 1 rings (SSSR count). The van der Waals surface area contributed by atoms with Crippen molar-refractivity contribution >= 4 is 23.6 Å². The van der Waals surface area contributed by atoms with Crippen LogP contribution in [0.1, 0.15) is 31.1 Å². The number of ether oxygens (including phenoxy) is 1. The van der Waals surface area contributed by atoms with Crippen molar-refractivity contribution in [2.45, 2.75) is 20.8 Å². The monoisotopic (exact) mass is 210 g/mol. The van der Waals surface area contributed by atoms with Crippen molar-refractivity contribution in [3.05, 3.63) is 29.8 Å². The van der Waals surface area contributed by atoms with Crippen molar-refractivity contribution in [1.82, 2.24) is 0 Å². The van der Waals surface area contributed by atoms with Gasteiger partial charge in [0.05, 0.1) is 5.56 Å². The molecule has 0 unspecified atom stereocenters. The fourth-order valence-corrected chi connectivity index (χ4v) is 0.915. The lowest BCUT2D eigenvalue weighted by Gasteiger charge is -2.04. The zero-order valence-electron chi connectivity index (χ0n) is 8.61. The van der Waals surface area contributed by atoms with Crippen LogP contribution in [0.5, 0.6) is 5.75 Å². The minimum atomic E-state index is 0.407. The van der Waals surface area contributed by atoms with Crippen molar-refractivity contribution in [3.63, 3.8) is 0 Å². The Morgan fingerprint density at radius 1 is 1.36 bits per heavy atom. The Kier molecular flexibility index (Phi) is 6.58. The molecule has 0 spiro atoms. The van der Waals surface area contributed by atoms with E-state index in [1.54, 1.807) is 31.2 Å². The van der Waals surface area contributed by atoms with Gasteiger partial charge in [0.2, 0.25) is 0 Å². The molecular weight excluding hydrogens is 196 g/mol. The van der Waals surface area contributed by atoms with Gasteiger partial charge in [-0.15, -0.1) is 0 Å². The molecule has 0 saturated carbocycles. The molecule has 0 amide bonds. The predicted molar refractivity (Wildman–Crippen MR) is 62.1 cm³/mol. The van der Waals surface area contributed by atoms with Gasteiger partial charge < -0.3 is 4.74 Å². The molecule has 0 radical (unpaired) electrons. The van der Waals surface area contributed by atoms with Crippen LogP contribution in [-0.4, -0.2) is 11.3 Å². The highest BCUT2D eigenvalue weighted by Crippen LogP contribution is 2.15. The van der Waals surface area contributed by atoms with Crippen LogP contribution in [0.25, 0.3) is 0 Å². The van der Waals surface area contributed by atoms with E-state index in [2.05, 4.69) is 0 Å². The fraction of sp³-hybridized carbons (Fsp3) is 0.273. The second-order valence-electron chi connectivity index (χ2n) is 2.25. The molecule has 14 heavy (non-hydrogen) atoms. The molecule has 0 aliphatic rings. The number of benzene rings is 1. The summed E-state index contributed by atoms with van der Waals surface area (Å²) in [7, 11) is 0. The Bertz CT molecular complexity index is 308. The van der Waals surface area contributed by atoms with Crippen LogP contribution in [0.2, 0.25) is 0 Å². The summed E-state index contributed by atoms with van der Waals surface area (Å²) in [4.78, 5) is 10.5. The second kappa shape index (κ2) is 7.21. The molecule has 0 N–H and O–H groups in total. The number of carbonyl (C=O) groups is 1. The molecule has 0 aliphatic heterocycles. The van der Waals surface area contributed by atoms with E-state index in [0.717, 1.165) is 6.29 Å². The van der Waals surface area contributed by atoms with Crippen molar-refractivity contribution in [2.75, 3.05) is 0 Å². The van der Waals surface area contributed by atoms with Crippen molar-refractivity contribution < 1.29 is 9.53 Å². The molecule has 3 heteroatoms. The summed E-state index contributed by atoms with van der Waals surface area (Å²) in [6.07, 6.45) is 0.744. The van der Waals surface area contributed by atoms with Gasteiger partial charge in [0, 0.05) is 6.92 Å². The number of carbonyl (C=O) groups excluding carboxylic acids is 1. The maximum absolute atomic E-state index is 10.5. The van der Waals surface area contributed by atoms with Gasteiger partial charge >= 0.3 is 0 Å². The first-order chi connectivity index (χ1) is 6.74. The fourth-order valence-electron chi connectivity index (χ4n) is 0.826. The Morgan fingerprint density at radius 3 is 2.43 bits per heavy atom. The van der Waals surface area contributed by atoms with E-state index in [1.807, 2.05) is 13.8 Å². The molecule has 0 atom stereocenters. The number of hydrogen-bond donors (Lipinski definition) is 0. The Morgan fingerprint density at radius 2 is 1.93 bits per heavy atom. The lowest BCUT2D eigenvalue weighted by atomic mass is 10.2. The van der Waals surface area contributed by atoms with Crippen molar-refractivity contribution in [1.29, 1.82) is 0 Å². The number of thiocarbonyl (C=S) groups is 1. The standard InChI is InChI=1S/C9H8O2S.C2H6/c1-7(12)11-9-5-3-2-4-8(9)6-10;1-2/h2-6H,1H3;1-2H3. The normalized spacial score (nSPS) is 8.21. The largest absolute Gasteiger partial charge is 0.450 e. The zero-order valence-corrected chi connectivity index (χ0v) is 9.43. The smallest absolute Gasteiger partial charge is 0.164 e. The second-order valence-corrected chi connectivity index (χ2v) is 2.82. The first kappa shape index (κ1) is 12.8. The topological polar surface area (TPSA) is 26.3 Å². The van der Waals surface area contributed by atoms with E-state index < -0.39 is 0 Å². The molecule has 0 fully saturated rings. The molecule has 1 aromatic carbocycles.